The van der Waals surface area contributed by atoms with E-state index >= 15 is 0 Å². The van der Waals surface area contributed by atoms with Gasteiger partial charge in [0.1, 0.15) is 5.69 Å². The molecule has 126 valence electrons. The number of amides is 1. The Morgan fingerprint density at radius 3 is 2.57 bits per heavy atom. The van der Waals surface area contributed by atoms with Gasteiger partial charge >= 0.3 is 12.1 Å². The number of pyridine rings is 1. The fraction of sp³-hybridized carbons (Fsp3) is 0.533. The van der Waals surface area contributed by atoms with Crippen molar-refractivity contribution >= 4 is 11.9 Å². The van der Waals surface area contributed by atoms with Gasteiger partial charge in [0.2, 0.25) is 0 Å². The standard InChI is InChI=1S/C15H17F3N2O3/c1-8-11(14(22)23)5-6-12(19-8)13(21)20-10-4-2-3-9(7-10)15(16,17)18/h5-6,9-10H,2-4,7H2,1H3,(H,20,21)(H,22,23). The van der Waals surface area contributed by atoms with Gasteiger partial charge in [-0.2, -0.15) is 13.2 Å². The molecule has 1 heterocycles. The molecule has 1 aromatic rings. The zero-order chi connectivity index (χ0) is 17.2. The molecule has 0 spiro atoms. The highest BCUT2D eigenvalue weighted by Crippen LogP contribution is 2.37. The lowest BCUT2D eigenvalue weighted by molar-refractivity contribution is -0.183. The van der Waals surface area contributed by atoms with Crippen molar-refractivity contribution in [1.29, 1.82) is 0 Å². The van der Waals surface area contributed by atoms with Gasteiger partial charge in [0, 0.05) is 6.04 Å². The Kier molecular flexibility index (Phi) is 4.91. The number of hydrogen-bond acceptors (Lipinski definition) is 3. The fourth-order valence-corrected chi connectivity index (χ4v) is 2.79. The summed E-state index contributed by atoms with van der Waals surface area (Å²) in [6.07, 6.45) is -3.41. The molecule has 0 bridgehead atoms. The van der Waals surface area contributed by atoms with Crippen LogP contribution in [0.1, 0.15) is 52.2 Å². The van der Waals surface area contributed by atoms with Crippen LogP contribution in [0.5, 0.6) is 0 Å². The summed E-state index contributed by atoms with van der Waals surface area (Å²) in [5, 5.41) is 11.5. The van der Waals surface area contributed by atoms with E-state index in [2.05, 4.69) is 10.3 Å². The van der Waals surface area contributed by atoms with Gasteiger partial charge in [-0.3, -0.25) is 4.79 Å². The normalized spacial score (nSPS) is 21.7. The van der Waals surface area contributed by atoms with Crippen LogP contribution in [0, 0.1) is 12.8 Å². The number of aryl methyl sites for hydroxylation is 1. The predicted molar refractivity (Wildman–Crippen MR) is 75.2 cm³/mol. The summed E-state index contributed by atoms with van der Waals surface area (Å²) in [5.41, 5.74) is 0.167. The molecular formula is C15H17F3N2O3. The maximum absolute atomic E-state index is 12.8. The molecule has 2 unspecified atom stereocenters. The Hall–Kier alpha value is -2.12. The molecule has 1 saturated carbocycles. The summed E-state index contributed by atoms with van der Waals surface area (Å²) >= 11 is 0. The first-order valence-electron chi connectivity index (χ1n) is 7.27. The second-order valence-electron chi connectivity index (χ2n) is 5.71. The van der Waals surface area contributed by atoms with Crippen LogP contribution in [-0.4, -0.2) is 34.2 Å². The molecular weight excluding hydrogens is 313 g/mol. The molecule has 0 aliphatic heterocycles. The summed E-state index contributed by atoms with van der Waals surface area (Å²) in [4.78, 5) is 26.9. The zero-order valence-electron chi connectivity index (χ0n) is 12.5. The highest BCUT2D eigenvalue weighted by atomic mass is 19.4. The quantitative estimate of drug-likeness (QED) is 0.893. The number of carbonyl (C=O) groups excluding carboxylic acids is 1. The molecule has 1 fully saturated rings. The molecule has 1 aliphatic carbocycles. The highest BCUT2D eigenvalue weighted by molar-refractivity contribution is 5.94. The lowest BCUT2D eigenvalue weighted by atomic mass is 9.85. The molecule has 8 heteroatoms. The van der Waals surface area contributed by atoms with E-state index in [4.69, 9.17) is 5.11 Å². The monoisotopic (exact) mass is 330 g/mol. The van der Waals surface area contributed by atoms with Crippen molar-refractivity contribution in [1.82, 2.24) is 10.3 Å². The van der Waals surface area contributed by atoms with Gasteiger partial charge in [0.25, 0.3) is 5.91 Å². The fourth-order valence-electron chi connectivity index (χ4n) is 2.79. The minimum Gasteiger partial charge on any atom is -0.478 e. The SMILES string of the molecule is Cc1nc(C(=O)NC2CCCC(C(F)(F)F)C2)ccc1C(=O)O. The van der Waals surface area contributed by atoms with Crippen LogP contribution in [0.25, 0.3) is 0 Å². The molecule has 2 rings (SSSR count). The van der Waals surface area contributed by atoms with Crippen LogP contribution in [-0.2, 0) is 0 Å². The second-order valence-corrected chi connectivity index (χ2v) is 5.71. The number of rotatable bonds is 3. The van der Waals surface area contributed by atoms with Gasteiger partial charge in [0.15, 0.2) is 0 Å². The first kappa shape index (κ1) is 17.2. The summed E-state index contributed by atoms with van der Waals surface area (Å²) < 4.78 is 38.3. The summed E-state index contributed by atoms with van der Waals surface area (Å²) in [5.74, 6) is -3.13. The van der Waals surface area contributed by atoms with Crippen molar-refractivity contribution in [3.8, 4) is 0 Å². The molecule has 2 N–H and O–H groups in total. The first-order valence-corrected chi connectivity index (χ1v) is 7.27. The molecule has 5 nitrogen and oxygen atoms in total. The largest absolute Gasteiger partial charge is 0.478 e. The number of nitrogens with zero attached hydrogens (tertiary/aromatic N) is 1. The van der Waals surface area contributed by atoms with E-state index in [1.165, 1.54) is 19.1 Å². The van der Waals surface area contributed by atoms with Crippen molar-refractivity contribution in [2.45, 2.75) is 44.8 Å². The molecule has 1 aromatic heterocycles. The second kappa shape index (κ2) is 6.55. The number of carboxylic acids is 1. The average Bonchev–Trinajstić information content (AvgIpc) is 2.46. The number of aromatic nitrogens is 1. The third-order valence-corrected chi connectivity index (χ3v) is 4.02. The van der Waals surface area contributed by atoms with E-state index in [0.717, 1.165) is 0 Å². The zero-order valence-corrected chi connectivity index (χ0v) is 12.5. The molecule has 23 heavy (non-hydrogen) atoms. The Morgan fingerprint density at radius 2 is 2.00 bits per heavy atom. The van der Waals surface area contributed by atoms with E-state index in [1.54, 1.807) is 0 Å². The van der Waals surface area contributed by atoms with Crippen molar-refractivity contribution < 1.29 is 27.9 Å². The van der Waals surface area contributed by atoms with E-state index in [1.807, 2.05) is 0 Å². The first-order chi connectivity index (χ1) is 10.7. The predicted octanol–water partition coefficient (Wildman–Crippen LogP) is 2.94. The van der Waals surface area contributed by atoms with Gasteiger partial charge < -0.3 is 10.4 Å². The maximum atomic E-state index is 12.8. The van der Waals surface area contributed by atoms with Gasteiger partial charge in [-0.05, 0) is 38.3 Å². The Morgan fingerprint density at radius 1 is 1.30 bits per heavy atom. The molecule has 2 atom stereocenters. The highest BCUT2D eigenvalue weighted by Gasteiger charge is 2.42. The van der Waals surface area contributed by atoms with E-state index in [-0.39, 0.29) is 29.8 Å². The summed E-state index contributed by atoms with van der Waals surface area (Å²) in [6, 6.07) is 1.97. The van der Waals surface area contributed by atoms with E-state index in [0.29, 0.717) is 12.8 Å². The number of hydrogen-bond donors (Lipinski definition) is 2. The van der Waals surface area contributed by atoms with Crippen LogP contribution in [0.2, 0.25) is 0 Å². The number of halogens is 3. The number of nitrogens with one attached hydrogen (secondary N) is 1. The smallest absolute Gasteiger partial charge is 0.391 e. The van der Waals surface area contributed by atoms with Gasteiger partial charge in [-0.25, -0.2) is 9.78 Å². The van der Waals surface area contributed by atoms with E-state index < -0.39 is 30.0 Å². The lowest BCUT2D eigenvalue weighted by Gasteiger charge is -2.30. The van der Waals surface area contributed by atoms with Crippen molar-refractivity contribution in [2.75, 3.05) is 0 Å². The number of alkyl halides is 3. The van der Waals surface area contributed by atoms with Crippen molar-refractivity contribution in [3.63, 3.8) is 0 Å². The van der Waals surface area contributed by atoms with E-state index in [9.17, 15) is 22.8 Å². The van der Waals surface area contributed by atoms with Gasteiger partial charge in [-0.15, -0.1) is 0 Å². The Balaban J connectivity index is 2.04. The number of carbonyl (C=O) groups is 2. The molecule has 1 amide bonds. The minimum absolute atomic E-state index is 0.00151. The lowest BCUT2D eigenvalue weighted by Crippen LogP contribution is -2.41. The topological polar surface area (TPSA) is 79.3 Å². The molecule has 0 radical (unpaired) electrons. The van der Waals surface area contributed by atoms with Crippen LogP contribution in [0.15, 0.2) is 12.1 Å². The molecule has 1 aliphatic rings. The number of carboxylic acid groups (broad SMARTS) is 1. The Bertz CT molecular complexity index is 616. The van der Waals surface area contributed by atoms with Gasteiger partial charge in [0.05, 0.1) is 17.2 Å². The number of aromatic carboxylic acids is 1. The third-order valence-electron chi connectivity index (χ3n) is 4.02. The molecule has 0 saturated heterocycles. The molecule has 0 aromatic carbocycles. The van der Waals surface area contributed by atoms with Crippen LogP contribution >= 0.6 is 0 Å². The third kappa shape index (κ3) is 4.20. The maximum Gasteiger partial charge on any atom is 0.391 e. The van der Waals surface area contributed by atoms with Crippen molar-refractivity contribution in [3.05, 3.63) is 29.1 Å². The van der Waals surface area contributed by atoms with Crippen molar-refractivity contribution in [2.24, 2.45) is 5.92 Å². The van der Waals surface area contributed by atoms with Crippen LogP contribution in [0.3, 0.4) is 0 Å². The minimum atomic E-state index is -4.25. The average molecular weight is 330 g/mol. The van der Waals surface area contributed by atoms with Crippen LogP contribution in [0.4, 0.5) is 13.2 Å². The van der Waals surface area contributed by atoms with Crippen LogP contribution < -0.4 is 5.32 Å². The summed E-state index contributed by atoms with van der Waals surface area (Å²) in [6.45, 7) is 1.46. The summed E-state index contributed by atoms with van der Waals surface area (Å²) in [7, 11) is 0. The van der Waals surface area contributed by atoms with Gasteiger partial charge in [-0.1, -0.05) is 6.42 Å². The Labute approximate surface area is 130 Å².